The number of hydrogen-bond acceptors (Lipinski definition) is 2. The minimum Gasteiger partial charge on any atom is -0.481 e. The van der Waals surface area contributed by atoms with Crippen LogP contribution >= 0.6 is 0 Å². The number of methoxy groups -OCH3 is 1. The first-order chi connectivity index (χ1) is 6.33. The molecule has 1 aliphatic rings. The van der Waals surface area contributed by atoms with Crippen molar-refractivity contribution in [1.29, 1.82) is 0 Å². The molecule has 0 bridgehead atoms. The molecular formula is C8H11F3O3. The highest BCUT2D eigenvalue weighted by Crippen LogP contribution is 2.51. The molecule has 1 N–H and O–H groups in total. The number of carbonyl (C=O) groups is 1. The van der Waals surface area contributed by atoms with Crippen LogP contribution in [0.4, 0.5) is 13.2 Å². The number of halogens is 3. The van der Waals surface area contributed by atoms with Crippen molar-refractivity contribution in [2.75, 3.05) is 7.11 Å². The first-order valence-electron chi connectivity index (χ1n) is 4.16. The van der Waals surface area contributed by atoms with Crippen LogP contribution in [0.1, 0.15) is 19.3 Å². The molecule has 0 amide bonds. The molecule has 1 rings (SSSR count). The fourth-order valence-electron chi connectivity index (χ4n) is 1.77. The van der Waals surface area contributed by atoms with E-state index in [-0.39, 0.29) is 6.42 Å². The smallest absolute Gasteiger partial charge is 0.405 e. The van der Waals surface area contributed by atoms with E-state index in [0.717, 1.165) is 0 Å². The summed E-state index contributed by atoms with van der Waals surface area (Å²) in [6.45, 7) is 0. The fraction of sp³-hybridized carbons (Fsp3) is 0.875. The van der Waals surface area contributed by atoms with Gasteiger partial charge in [0.1, 0.15) is 0 Å². The van der Waals surface area contributed by atoms with Crippen LogP contribution in [0.5, 0.6) is 0 Å². The molecule has 0 radical (unpaired) electrons. The van der Waals surface area contributed by atoms with Gasteiger partial charge in [-0.25, -0.2) is 0 Å². The number of aliphatic carboxylic acids is 1. The quantitative estimate of drug-likeness (QED) is 0.759. The molecule has 0 aliphatic heterocycles. The Morgan fingerprint density at radius 3 is 2.36 bits per heavy atom. The van der Waals surface area contributed by atoms with Crippen LogP contribution in [0, 0.1) is 5.41 Å². The van der Waals surface area contributed by atoms with E-state index in [0.29, 0.717) is 0 Å². The zero-order chi connectivity index (χ0) is 11.0. The standard InChI is InChI=1S/C8H11F3O3/c1-14-5-2-3-7(4-5,6(12)13)8(9,10)11/h5H,2-4H2,1H3,(H,12,13). The van der Waals surface area contributed by atoms with Crippen LogP contribution in [-0.4, -0.2) is 30.5 Å². The lowest BCUT2D eigenvalue weighted by Gasteiger charge is -2.26. The minimum atomic E-state index is -4.70. The highest BCUT2D eigenvalue weighted by atomic mass is 19.4. The SMILES string of the molecule is COC1CCC(C(=O)O)(C(F)(F)F)C1. The Bertz CT molecular complexity index is 238. The summed E-state index contributed by atoms with van der Waals surface area (Å²) in [6.07, 6.45) is -6.05. The normalized spacial score (nSPS) is 33.3. The minimum absolute atomic E-state index is 0.141. The maximum Gasteiger partial charge on any atom is 0.405 e. The third-order valence-electron chi connectivity index (χ3n) is 2.75. The Labute approximate surface area is 78.9 Å². The Morgan fingerprint density at radius 1 is 1.57 bits per heavy atom. The average molecular weight is 212 g/mol. The van der Waals surface area contributed by atoms with E-state index >= 15 is 0 Å². The van der Waals surface area contributed by atoms with Gasteiger partial charge in [0.2, 0.25) is 0 Å². The van der Waals surface area contributed by atoms with Gasteiger partial charge in [0.25, 0.3) is 0 Å². The first kappa shape index (κ1) is 11.3. The second-order valence-electron chi connectivity index (χ2n) is 3.49. The van der Waals surface area contributed by atoms with Gasteiger partial charge in [-0.05, 0) is 19.3 Å². The summed E-state index contributed by atoms with van der Waals surface area (Å²) >= 11 is 0. The molecule has 1 fully saturated rings. The molecule has 2 unspecified atom stereocenters. The van der Waals surface area contributed by atoms with E-state index < -0.39 is 36.5 Å². The topological polar surface area (TPSA) is 46.5 Å². The van der Waals surface area contributed by atoms with E-state index in [2.05, 4.69) is 0 Å². The van der Waals surface area contributed by atoms with Crippen molar-refractivity contribution in [3.05, 3.63) is 0 Å². The summed E-state index contributed by atoms with van der Waals surface area (Å²) < 4.78 is 42.4. The van der Waals surface area contributed by atoms with Crippen LogP contribution in [0.3, 0.4) is 0 Å². The summed E-state index contributed by atoms with van der Waals surface area (Å²) in [5, 5.41) is 8.64. The van der Waals surface area contributed by atoms with Crippen molar-refractivity contribution in [2.45, 2.75) is 31.5 Å². The van der Waals surface area contributed by atoms with Gasteiger partial charge < -0.3 is 9.84 Å². The monoisotopic (exact) mass is 212 g/mol. The molecule has 0 saturated heterocycles. The van der Waals surface area contributed by atoms with Gasteiger partial charge in [0.05, 0.1) is 6.10 Å². The summed E-state index contributed by atoms with van der Waals surface area (Å²) in [4.78, 5) is 10.7. The van der Waals surface area contributed by atoms with Crippen molar-refractivity contribution < 1.29 is 27.8 Å². The number of hydrogen-bond donors (Lipinski definition) is 1. The number of ether oxygens (including phenoxy) is 1. The number of alkyl halides is 3. The van der Waals surface area contributed by atoms with Crippen LogP contribution in [0.25, 0.3) is 0 Å². The van der Waals surface area contributed by atoms with Gasteiger partial charge in [-0.3, -0.25) is 4.79 Å². The lowest BCUT2D eigenvalue weighted by Crippen LogP contribution is -2.43. The largest absolute Gasteiger partial charge is 0.481 e. The number of carboxylic acids is 1. The van der Waals surface area contributed by atoms with Crippen LogP contribution < -0.4 is 0 Å². The first-order valence-corrected chi connectivity index (χ1v) is 4.16. The van der Waals surface area contributed by atoms with Crippen molar-refractivity contribution in [1.82, 2.24) is 0 Å². The van der Waals surface area contributed by atoms with Gasteiger partial charge in [0.15, 0.2) is 5.41 Å². The Kier molecular flexibility index (Phi) is 2.76. The molecule has 0 spiro atoms. The van der Waals surface area contributed by atoms with E-state index in [1.165, 1.54) is 7.11 Å². The molecule has 0 aromatic rings. The molecule has 82 valence electrons. The Morgan fingerprint density at radius 2 is 2.14 bits per heavy atom. The second kappa shape index (κ2) is 3.42. The molecular weight excluding hydrogens is 201 g/mol. The van der Waals surface area contributed by atoms with E-state index in [1.54, 1.807) is 0 Å². The fourth-order valence-corrected chi connectivity index (χ4v) is 1.77. The zero-order valence-electron chi connectivity index (χ0n) is 7.60. The van der Waals surface area contributed by atoms with Crippen LogP contribution in [0.2, 0.25) is 0 Å². The summed E-state index contributed by atoms with van der Waals surface area (Å²) in [6, 6.07) is 0. The average Bonchev–Trinajstić information content (AvgIpc) is 2.47. The predicted octanol–water partition coefficient (Wildman–Crippen LogP) is 1.82. The van der Waals surface area contributed by atoms with Gasteiger partial charge in [-0.15, -0.1) is 0 Å². The third-order valence-corrected chi connectivity index (χ3v) is 2.75. The van der Waals surface area contributed by atoms with Crippen molar-refractivity contribution in [3.8, 4) is 0 Å². The molecule has 6 heteroatoms. The zero-order valence-corrected chi connectivity index (χ0v) is 7.60. The molecule has 0 aromatic carbocycles. The lowest BCUT2D eigenvalue weighted by molar-refractivity contribution is -0.231. The predicted molar refractivity (Wildman–Crippen MR) is 40.8 cm³/mol. The molecule has 1 aliphatic carbocycles. The maximum atomic E-state index is 12.5. The van der Waals surface area contributed by atoms with E-state index in [9.17, 15) is 18.0 Å². The highest BCUT2D eigenvalue weighted by Gasteiger charge is 2.63. The molecule has 1 saturated carbocycles. The highest BCUT2D eigenvalue weighted by molar-refractivity contribution is 5.76. The Balaban J connectivity index is 2.92. The summed E-state index contributed by atoms with van der Waals surface area (Å²) in [7, 11) is 1.29. The molecule has 3 nitrogen and oxygen atoms in total. The summed E-state index contributed by atoms with van der Waals surface area (Å²) in [5.41, 5.74) is -2.60. The van der Waals surface area contributed by atoms with Gasteiger partial charge in [0, 0.05) is 7.11 Å². The molecule has 14 heavy (non-hydrogen) atoms. The van der Waals surface area contributed by atoms with Gasteiger partial charge in [-0.2, -0.15) is 13.2 Å². The van der Waals surface area contributed by atoms with Crippen molar-refractivity contribution >= 4 is 5.97 Å². The summed E-state index contributed by atoms with van der Waals surface area (Å²) in [5.74, 6) is -1.80. The number of rotatable bonds is 2. The van der Waals surface area contributed by atoms with Crippen molar-refractivity contribution in [3.63, 3.8) is 0 Å². The molecule has 0 heterocycles. The Hall–Kier alpha value is -0.780. The molecule has 2 atom stereocenters. The van der Waals surface area contributed by atoms with Crippen LogP contribution in [0.15, 0.2) is 0 Å². The van der Waals surface area contributed by atoms with E-state index in [4.69, 9.17) is 9.84 Å². The second-order valence-corrected chi connectivity index (χ2v) is 3.49. The van der Waals surface area contributed by atoms with Gasteiger partial charge >= 0.3 is 12.1 Å². The van der Waals surface area contributed by atoms with Crippen molar-refractivity contribution in [2.24, 2.45) is 5.41 Å². The number of carboxylic acid groups (broad SMARTS) is 1. The van der Waals surface area contributed by atoms with Gasteiger partial charge in [-0.1, -0.05) is 0 Å². The molecule has 0 aromatic heterocycles. The third kappa shape index (κ3) is 1.58. The maximum absolute atomic E-state index is 12.5. The lowest BCUT2D eigenvalue weighted by atomic mass is 9.85. The van der Waals surface area contributed by atoms with Crippen LogP contribution in [-0.2, 0) is 9.53 Å². The van der Waals surface area contributed by atoms with E-state index in [1.807, 2.05) is 0 Å².